The second-order valence-electron chi connectivity index (χ2n) is 4.32. The maximum atomic E-state index is 13.4. The van der Waals surface area contributed by atoms with Gasteiger partial charge in [0.1, 0.15) is 17.3 Å². The molecule has 0 unspecified atom stereocenters. The Bertz CT molecular complexity index is 820. The first-order chi connectivity index (χ1) is 10.1. The largest absolute Gasteiger partial charge is 0.494 e. The van der Waals surface area contributed by atoms with Crippen LogP contribution >= 0.6 is 11.6 Å². The highest BCUT2D eigenvalue weighted by Crippen LogP contribution is 2.28. The summed E-state index contributed by atoms with van der Waals surface area (Å²) in [5.41, 5.74) is 1.34. The highest BCUT2D eigenvalue weighted by molar-refractivity contribution is 6.30. The number of benzene rings is 1. The summed E-state index contributed by atoms with van der Waals surface area (Å²) >= 11 is 6.08. The second kappa shape index (κ2) is 5.17. The van der Waals surface area contributed by atoms with E-state index >= 15 is 0 Å². The van der Waals surface area contributed by atoms with Gasteiger partial charge in [0.05, 0.1) is 7.11 Å². The number of hydrogen-bond acceptors (Lipinski definition) is 5. The van der Waals surface area contributed by atoms with Crippen molar-refractivity contribution in [3.63, 3.8) is 0 Å². The molecule has 108 valence electrons. The number of nitrogens with zero attached hydrogens (tertiary/aromatic N) is 4. The molecule has 0 spiro atoms. The lowest BCUT2D eigenvalue weighted by Gasteiger charge is -2.12. The monoisotopic (exact) mass is 307 g/mol. The van der Waals surface area contributed by atoms with Crippen LogP contribution in [-0.4, -0.2) is 26.7 Å². The van der Waals surface area contributed by atoms with Gasteiger partial charge in [-0.3, -0.25) is 0 Å². The number of hydrogen-bond donors (Lipinski definition) is 1. The Morgan fingerprint density at radius 1 is 1.38 bits per heavy atom. The van der Waals surface area contributed by atoms with Crippen molar-refractivity contribution < 1.29 is 9.13 Å². The first kappa shape index (κ1) is 13.6. The van der Waals surface area contributed by atoms with Gasteiger partial charge in [-0.1, -0.05) is 11.6 Å². The lowest BCUT2D eigenvalue weighted by molar-refractivity contribution is 0.387. The number of rotatable bonds is 3. The van der Waals surface area contributed by atoms with Crippen LogP contribution < -0.4 is 10.1 Å². The molecule has 8 heteroatoms. The molecule has 0 saturated heterocycles. The van der Waals surface area contributed by atoms with Gasteiger partial charge in [-0.2, -0.15) is 19.6 Å². The van der Waals surface area contributed by atoms with Gasteiger partial charge in [-0.25, -0.2) is 4.39 Å². The van der Waals surface area contributed by atoms with Crippen LogP contribution in [0.2, 0.25) is 5.15 Å². The van der Waals surface area contributed by atoms with Gasteiger partial charge in [-0.15, -0.1) is 0 Å². The third kappa shape index (κ3) is 2.36. The average Bonchev–Trinajstić information content (AvgIpc) is 2.93. The van der Waals surface area contributed by atoms with Gasteiger partial charge in [-0.05, 0) is 19.1 Å². The summed E-state index contributed by atoms with van der Waals surface area (Å²) in [6.07, 6.45) is 1.38. The Labute approximate surface area is 124 Å². The molecule has 0 atom stereocenters. The molecule has 0 fully saturated rings. The molecule has 0 amide bonds. The van der Waals surface area contributed by atoms with E-state index in [9.17, 15) is 4.39 Å². The van der Waals surface area contributed by atoms with Gasteiger partial charge < -0.3 is 10.1 Å². The summed E-state index contributed by atoms with van der Waals surface area (Å²) in [6, 6.07) is 4.46. The predicted molar refractivity (Wildman–Crippen MR) is 76.8 cm³/mol. The fourth-order valence-electron chi connectivity index (χ4n) is 1.92. The molecule has 1 aromatic carbocycles. The van der Waals surface area contributed by atoms with Crippen molar-refractivity contribution in [3.8, 4) is 5.75 Å². The summed E-state index contributed by atoms with van der Waals surface area (Å²) in [5, 5.41) is 7.55. The molecule has 0 aliphatic carbocycles. The molecule has 3 aromatic rings. The van der Waals surface area contributed by atoms with E-state index in [0.717, 1.165) is 0 Å². The molecular formula is C13H11ClFN5O. The summed E-state index contributed by atoms with van der Waals surface area (Å²) < 4.78 is 19.9. The molecule has 2 aromatic heterocycles. The van der Waals surface area contributed by atoms with Crippen molar-refractivity contribution in [2.24, 2.45) is 0 Å². The van der Waals surface area contributed by atoms with Crippen molar-refractivity contribution >= 4 is 28.9 Å². The molecule has 6 nitrogen and oxygen atoms in total. The van der Waals surface area contributed by atoms with Gasteiger partial charge in [0.2, 0.25) is 0 Å². The van der Waals surface area contributed by atoms with Crippen molar-refractivity contribution in [1.82, 2.24) is 19.6 Å². The molecule has 21 heavy (non-hydrogen) atoms. The highest BCUT2D eigenvalue weighted by atomic mass is 35.5. The number of methoxy groups -OCH3 is 1. The summed E-state index contributed by atoms with van der Waals surface area (Å²) in [7, 11) is 1.41. The maximum Gasteiger partial charge on any atom is 0.255 e. The predicted octanol–water partition coefficient (Wildman–Crippen LogP) is 2.98. The first-order valence-corrected chi connectivity index (χ1v) is 6.44. The van der Waals surface area contributed by atoms with Crippen LogP contribution in [0, 0.1) is 12.7 Å². The van der Waals surface area contributed by atoms with Crippen LogP contribution in [0.15, 0.2) is 24.5 Å². The van der Waals surface area contributed by atoms with E-state index in [1.54, 1.807) is 19.1 Å². The standard InChI is InChI=1S/C13H11ClFN5O/c1-7-11(14)19-13-16-6-17-20(13)12(7)18-8-3-4-9(15)10(5-8)21-2/h3-6,18H,1-2H3. The van der Waals surface area contributed by atoms with Crippen molar-refractivity contribution in [2.75, 3.05) is 12.4 Å². The van der Waals surface area contributed by atoms with E-state index in [4.69, 9.17) is 16.3 Å². The van der Waals surface area contributed by atoms with Crippen LogP contribution in [0.4, 0.5) is 15.9 Å². The number of aromatic nitrogens is 4. The third-order valence-corrected chi connectivity index (χ3v) is 3.39. The van der Waals surface area contributed by atoms with Crippen LogP contribution in [-0.2, 0) is 0 Å². The van der Waals surface area contributed by atoms with Crippen LogP contribution in [0.25, 0.3) is 5.78 Å². The van der Waals surface area contributed by atoms with Crippen molar-refractivity contribution in [1.29, 1.82) is 0 Å². The molecular weight excluding hydrogens is 297 g/mol. The Morgan fingerprint density at radius 3 is 2.95 bits per heavy atom. The first-order valence-electron chi connectivity index (χ1n) is 6.06. The van der Waals surface area contributed by atoms with Crippen LogP contribution in [0.5, 0.6) is 5.75 Å². The molecule has 1 N–H and O–H groups in total. The zero-order valence-electron chi connectivity index (χ0n) is 11.3. The maximum absolute atomic E-state index is 13.4. The van der Waals surface area contributed by atoms with E-state index < -0.39 is 5.82 Å². The second-order valence-corrected chi connectivity index (χ2v) is 4.68. The molecule has 3 rings (SSSR count). The van der Waals surface area contributed by atoms with Gasteiger partial charge >= 0.3 is 0 Å². The smallest absolute Gasteiger partial charge is 0.255 e. The Kier molecular flexibility index (Phi) is 3.34. The molecule has 0 aliphatic heterocycles. The molecule has 2 heterocycles. The number of anilines is 2. The molecule has 0 saturated carbocycles. The van der Waals surface area contributed by atoms with E-state index in [0.29, 0.717) is 28.0 Å². The summed E-state index contributed by atoms with van der Waals surface area (Å²) in [5.74, 6) is 0.699. The fourth-order valence-corrected chi connectivity index (χ4v) is 2.08. The van der Waals surface area contributed by atoms with Crippen LogP contribution in [0.3, 0.4) is 0 Å². The highest BCUT2D eigenvalue weighted by Gasteiger charge is 2.13. The zero-order chi connectivity index (χ0) is 15.0. The van der Waals surface area contributed by atoms with Gasteiger partial charge in [0.15, 0.2) is 11.6 Å². The third-order valence-electron chi connectivity index (χ3n) is 3.02. The summed E-state index contributed by atoms with van der Waals surface area (Å²) in [6.45, 7) is 1.81. The molecule has 0 radical (unpaired) electrons. The summed E-state index contributed by atoms with van der Waals surface area (Å²) in [4.78, 5) is 8.12. The lowest BCUT2D eigenvalue weighted by atomic mass is 10.2. The van der Waals surface area contributed by atoms with Crippen molar-refractivity contribution in [2.45, 2.75) is 6.92 Å². The molecule has 0 aliphatic rings. The van der Waals surface area contributed by atoms with Gasteiger partial charge in [0.25, 0.3) is 5.78 Å². The minimum atomic E-state index is -0.432. The number of ether oxygens (including phenoxy) is 1. The minimum Gasteiger partial charge on any atom is -0.494 e. The zero-order valence-corrected chi connectivity index (χ0v) is 12.0. The Hall–Kier alpha value is -2.41. The topological polar surface area (TPSA) is 64.3 Å². The van der Waals surface area contributed by atoms with Crippen molar-refractivity contribution in [3.05, 3.63) is 41.1 Å². The lowest BCUT2D eigenvalue weighted by Crippen LogP contribution is -2.05. The fraction of sp³-hybridized carbons (Fsp3) is 0.154. The van der Waals surface area contributed by atoms with E-state index in [1.807, 2.05) is 0 Å². The minimum absolute atomic E-state index is 0.146. The van der Waals surface area contributed by atoms with E-state index in [2.05, 4.69) is 20.4 Å². The number of halogens is 2. The normalized spacial score (nSPS) is 10.9. The SMILES string of the molecule is COc1cc(Nc2c(C)c(Cl)nc3ncnn23)ccc1F. The Balaban J connectivity index is 2.09. The van der Waals surface area contributed by atoms with Gasteiger partial charge in [0, 0.05) is 17.3 Å². The molecule has 0 bridgehead atoms. The number of nitrogens with one attached hydrogen (secondary N) is 1. The Morgan fingerprint density at radius 2 is 2.19 bits per heavy atom. The number of fused-ring (bicyclic) bond motifs is 1. The quantitative estimate of drug-likeness (QED) is 0.754. The average molecular weight is 308 g/mol. The van der Waals surface area contributed by atoms with E-state index in [-0.39, 0.29) is 5.75 Å². The van der Waals surface area contributed by atoms with Crippen LogP contribution in [0.1, 0.15) is 5.56 Å². The van der Waals surface area contributed by atoms with E-state index in [1.165, 1.54) is 24.0 Å².